The summed E-state index contributed by atoms with van der Waals surface area (Å²) < 4.78 is 5.40. The largest absolute Gasteiger partial charge is 0.443 e. The minimum atomic E-state index is -1.39. The Hall–Kier alpha value is -3.22. The molecule has 2 aliphatic rings. The van der Waals surface area contributed by atoms with Crippen molar-refractivity contribution in [3.8, 4) is 0 Å². The van der Waals surface area contributed by atoms with E-state index < -0.39 is 39.9 Å². The second-order valence-electron chi connectivity index (χ2n) is 8.13. The third-order valence-electron chi connectivity index (χ3n) is 5.27. The third-order valence-corrected chi connectivity index (χ3v) is 5.27. The number of hydrogen-bond acceptors (Lipinski definition) is 5. The van der Waals surface area contributed by atoms with E-state index in [1.165, 1.54) is 0 Å². The molecule has 0 aromatic heterocycles. The number of fused-ring (bicyclic) bond motifs is 2. The van der Waals surface area contributed by atoms with Gasteiger partial charge in [-0.25, -0.2) is 9.69 Å². The molecule has 1 aliphatic heterocycles. The second kappa shape index (κ2) is 5.89. The van der Waals surface area contributed by atoms with E-state index in [1.807, 2.05) is 6.07 Å². The quantitative estimate of drug-likeness (QED) is 0.586. The van der Waals surface area contributed by atoms with Crippen LogP contribution in [0.2, 0.25) is 0 Å². The molecular formula is C21H20N2O5. The molecule has 2 aromatic rings. The maximum atomic E-state index is 13.5. The van der Waals surface area contributed by atoms with Crippen LogP contribution in [-0.4, -0.2) is 28.6 Å². The Morgan fingerprint density at radius 1 is 1.11 bits per heavy atom. The Morgan fingerprint density at radius 2 is 1.71 bits per heavy atom. The number of anilines is 1. The lowest BCUT2D eigenvalue weighted by atomic mass is 9.92. The number of carbonyl (C=O) groups excluding carboxylic acids is 2. The lowest BCUT2D eigenvalue weighted by Gasteiger charge is -2.24. The van der Waals surface area contributed by atoms with Crippen molar-refractivity contribution in [2.75, 3.05) is 4.90 Å². The van der Waals surface area contributed by atoms with Crippen LogP contribution in [0.15, 0.2) is 54.6 Å². The van der Waals surface area contributed by atoms with E-state index in [2.05, 4.69) is 0 Å². The van der Waals surface area contributed by atoms with E-state index in [0.717, 1.165) is 4.90 Å². The fourth-order valence-electron chi connectivity index (χ4n) is 4.27. The summed E-state index contributed by atoms with van der Waals surface area (Å²) >= 11 is 0. The summed E-state index contributed by atoms with van der Waals surface area (Å²) in [5, 5.41) is 11.9. The minimum absolute atomic E-state index is 0.354. The van der Waals surface area contributed by atoms with Crippen LogP contribution in [0, 0.1) is 10.1 Å². The van der Waals surface area contributed by atoms with Gasteiger partial charge in [-0.15, -0.1) is 0 Å². The fourth-order valence-corrected chi connectivity index (χ4v) is 4.27. The highest BCUT2D eigenvalue weighted by Gasteiger charge is 2.83. The molecule has 28 heavy (non-hydrogen) atoms. The van der Waals surface area contributed by atoms with Gasteiger partial charge in [-0.1, -0.05) is 48.5 Å². The molecule has 7 heteroatoms. The molecule has 0 bridgehead atoms. The number of carbonyl (C=O) groups is 2. The van der Waals surface area contributed by atoms with Crippen LogP contribution in [0.3, 0.4) is 0 Å². The van der Waals surface area contributed by atoms with Crippen LogP contribution >= 0.6 is 0 Å². The zero-order chi connectivity index (χ0) is 20.3. The molecule has 1 fully saturated rings. The highest BCUT2D eigenvalue weighted by atomic mass is 16.6. The van der Waals surface area contributed by atoms with Crippen LogP contribution in [0.25, 0.3) is 0 Å². The van der Waals surface area contributed by atoms with Crippen molar-refractivity contribution in [3.63, 3.8) is 0 Å². The summed E-state index contributed by atoms with van der Waals surface area (Å²) in [6.07, 6.45) is -0.817. The standard InChI is InChI=1S/C21H20N2O5/c1-20(2,3)28-19(25)22-15-12-8-7-11-14(15)21(18(22)24)16(17(21)23(26)27)13-9-5-4-6-10-13/h4-12,16-17H,1-3H3/t16-,17-,21+/m0/s1. The van der Waals surface area contributed by atoms with E-state index in [1.54, 1.807) is 69.3 Å². The van der Waals surface area contributed by atoms with Crippen molar-refractivity contribution in [1.82, 2.24) is 0 Å². The smallest absolute Gasteiger partial charge is 0.421 e. The molecule has 2 amide bonds. The Bertz CT molecular complexity index is 982. The Labute approximate surface area is 162 Å². The van der Waals surface area contributed by atoms with Gasteiger partial charge in [-0.05, 0) is 38.0 Å². The number of imide groups is 1. The molecule has 144 valence electrons. The molecule has 1 heterocycles. The number of nitro groups is 1. The van der Waals surface area contributed by atoms with Crippen LogP contribution in [0.4, 0.5) is 10.5 Å². The minimum Gasteiger partial charge on any atom is -0.443 e. The summed E-state index contributed by atoms with van der Waals surface area (Å²) in [7, 11) is 0. The predicted octanol–water partition coefficient (Wildman–Crippen LogP) is 3.65. The lowest BCUT2D eigenvalue weighted by molar-refractivity contribution is -0.499. The van der Waals surface area contributed by atoms with Crippen LogP contribution < -0.4 is 4.90 Å². The van der Waals surface area contributed by atoms with Crippen molar-refractivity contribution in [2.24, 2.45) is 0 Å². The number of ether oxygens (including phenoxy) is 1. The second-order valence-corrected chi connectivity index (χ2v) is 8.13. The normalized spacial score (nSPS) is 25.5. The van der Waals surface area contributed by atoms with Gasteiger partial charge in [0, 0.05) is 4.92 Å². The first-order chi connectivity index (χ1) is 13.2. The molecule has 1 spiro atoms. The Balaban J connectivity index is 1.85. The van der Waals surface area contributed by atoms with Crippen molar-refractivity contribution in [1.29, 1.82) is 0 Å². The van der Waals surface area contributed by atoms with E-state index in [-0.39, 0.29) is 0 Å². The average Bonchev–Trinajstić information content (AvgIpc) is 3.26. The SMILES string of the molecule is CC(C)(C)OC(=O)N1C(=O)[C@@]2(c3ccccc31)[C@@H]([N+](=O)[O-])[C@@H]2c1ccccc1. The molecule has 0 radical (unpaired) electrons. The number of para-hydroxylation sites is 1. The number of rotatable bonds is 2. The van der Waals surface area contributed by atoms with Gasteiger partial charge < -0.3 is 4.74 Å². The van der Waals surface area contributed by atoms with Crippen LogP contribution in [0.1, 0.15) is 37.8 Å². The number of benzene rings is 2. The van der Waals surface area contributed by atoms with Gasteiger partial charge in [0.05, 0.1) is 11.6 Å². The topological polar surface area (TPSA) is 89.8 Å². The molecule has 0 saturated heterocycles. The molecule has 7 nitrogen and oxygen atoms in total. The maximum absolute atomic E-state index is 13.5. The average molecular weight is 380 g/mol. The van der Waals surface area contributed by atoms with Crippen molar-refractivity contribution >= 4 is 17.7 Å². The third kappa shape index (κ3) is 2.42. The number of amides is 2. The monoisotopic (exact) mass is 380 g/mol. The van der Waals surface area contributed by atoms with E-state index in [0.29, 0.717) is 16.8 Å². The van der Waals surface area contributed by atoms with Crippen LogP contribution in [-0.2, 0) is 14.9 Å². The molecule has 1 aliphatic carbocycles. The molecule has 4 rings (SSSR count). The summed E-state index contributed by atoms with van der Waals surface area (Å²) in [4.78, 5) is 38.7. The highest BCUT2D eigenvalue weighted by Crippen LogP contribution is 2.67. The first-order valence-corrected chi connectivity index (χ1v) is 9.05. The summed E-state index contributed by atoms with van der Waals surface area (Å²) in [5.41, 5.74) is -0.627. The van der Waals surface area contributed by atoms with Crippen molar-refractivity contribution in [3.05, 3.63) is 75.8 Å². The zero-order valence-corrected chi connectivity index (χ0v) is 15.8. The summed E-state index contributed by atoms with van der Waals surface area (Å²) in [6, 6.07) is 14.6. The van der Waals surface area contributed by atoms with Gasteiger partial charge >= 0.3 is 6.09 Å². The molecule has 0 N–H and O–H groups in total. The van der Waals surface area contributed by atoms with E-state index in [4.69, 9.17) is 4.74 Å². The van der Waals surface area contributed by atoms with Crippen LogP contribution in [0.5, 0.6) is 0 Å². The van der Waals surface area contributed by atoms with Crippen molar-refractivity contribution < 1.29 is 19.2 Å². The van der Waals surface area contributed by atoms with Gasteiger partial charge in [0.2, 0.25) is 6.04 Å². The van der Waals surface area contributed by atoms with Gasteiger partial charge in [0.15, 0.2) is 5.41 Å². The summed E-state index contributed by atoms with van der Waals surface area (Å²) in [6.45, 7) is 5.12. The molecule has 2 aromatic carbocycles. The predicted molar refractivity (Wildman–Crippen MR) is 102 cm³/mol. The first-order valence-electron chi connectivity index (χ1n) is 9.05. The van der Waals surface area contributed by atoms with Gasteiger partial charge in [0.1, 0.15) is 5.60 Å². The van der Waals surface area contributed by atoms with E-state index >= 15 is 0 Å². The summed E-state index contributed by atoms with van der Waals surface area (Å²) in [5.74, 6) is -1.23. The number of hydrogen-bond donors (Lipinski definition) is 0. The van der Waals surface area contributed by atoms with Gasteiger partial charge in [-0.2, -0.15) is 0 Å². The fraction of sp³-hybridized carbons (Fsp3) is 0.333. The maximum Gasteiger partial charge on any atom is 0.421 e. The molecule has 0 unspecified atom stereocenters. The van der Waals surface area contributed by atoms with E-state index in [9.17, 15) is 19.7 Å². The lowest BCUT2D eigenvalue weighted by Crippen LogP contribution is -2.42. The van der Waals surface area contributed by atoms with Crippen molar-refractivity contribution in [2.45, 2.75) is 43.7 Å². The zero-order valence-electron chi connectivity index (χ0n) is 15.8. The molecule has 1 saturated carbocycles. The molecular weight excluding hydrogens is 360 g/mol. The molecule has 3 atom stereocenters. The van der Waals surface area contributed by atoms with Gasteiger partial charge in [0.25, 0.3) is 5.91 Å². The Morgan fingerprint density at radius 3 is 2.32 bits per heavy atom. The first kappa shape index (κ1) is 18.2. The van der Waals surface area contributed by atoms with Gasteiger partial charge in [-0.3, -0.25) is 14.9 Å². The highest BCUT2D eigenvalue weighted by molar-refractivity contribution is 6.23. The number of nitrogens with zero attached hydrogens (tertiary/aromatic N) is 2. The Kier molecular flexibility index (Phi) is 3.82.